The Kier molecular flexibility index (Phi) is 4.75. The second-order valence-corrected chi connectivity index (χ2v) is 10.9. The number of oxazole rings is 1. The van der Waals surface area contributed by atoms with Crippen molar-refractivity contribution in [1.82, 2.24) is 19.9 Å². The number of nitrogens with zero attached hydrogens (tertiary/aromatic N) is 5. The van der Waals surface area contributed by atoms with Gasteiger partial charge < -0.3 is 20.2 Å². The number of alkyl halides is 1. The maximum atomic E-state index is 15.1. The number of nitrogens with two attached hydrogens (primary N) is 1. The van der Waals surface area contributed by atoms with Crippen LogP contribution in [0.15, 0.2) is 52.5 Å². The molecule has 1 spiro atoms. The van der Waals surface area contributed by atoms with Crippen molar-refractivity contribution in [2.45, 2.75) is 30.2 Å². The number of pyridine rings is 1. The second kappa shape index (κ2) is 7.85. The molecule has 188 valence electrons. The van der Waals surface area contributed by atoms with Gasteiger partial charge in [0.15, 0.2) is 17.6 Å². The van der Waals surface area contributed by atoms with Crippen LogP contribution in [0.3, 0.4) is 0 Å². The largest absolute Gasteiger partial charge is 0.467 e. The highest BCUT2D eigenvalue weighted by Crippen LogP contribution is 2.73. The van der Waals surface area contributed by atoms with Crippen molar-refractivity contribution >= 4 is 39.5 Å². The van der Waals surface area contributed by atoms with Crippen LogP contribution in [0.4, 0.5) is 20.3 Å². The molecule has 3 N–H and O–H groups in total. The lowest BCUT2D eigenvalue weighted by atomic mass is 9.66. The average Bonchev–Trinajstić information content (AvgIpc) is 3.21. The minimum atomic E-state index is -0.699. The molecular weight excluding hydrogens is 500 g/mol. The van der Waals surface area contributed by atoms with E-state index >= 15 is 4.39 Å². The number of anilines is 2. The van der Waals surface area contributed by atoms with Gasteiger partial charge in [0.1, 0.15) is 24.3 Å². The van der Waals surface area contributed by atoms with E-state index in [2.05, 4.69) is 25.3 Å². The Hall–Kier alpha value is -3.80. The van der Waals surface area contributed by atoms with Crippen molar-refractivity contribution in [3.63, 3.8) is 0 Å². The molecule has 0 radical (unpaired) electrons. The van der Waals surface area contributed by atoms with Crippen molar-refractivity contribution < 1.29 is 17.9 Å². The first-order valence-electron chi connectivity index (χ1n) is 11.8. The predicted octanol–water partition coefficient (Wildman–Crippen LogP) is 4.26. The third-order valence-electron chi connectivity index (χ3n) is 7.65. The topological polar surface area (TPSA) is 124 Å². The normalized spacial score (nSPS) is 27.3. The summed E-state index contributed by atoms with van der Waals surface area (Å²) in [7, 11) is 0. The number of benzene rings is 1. The Balaban J connectivity index is 1.20. The molecule has 9 nitrogen and oxygen atoms in total. The molecular formula is C25H21F2N7O2S. The maximum Gasteiger partial charge on any atom is 0.233 e. The van der Waals surface area contributed by atoms with Gasteiger partial charge >= 0.3 is 0 Å². The molecule has 4 atom stereocenters. The van der Waals surface area contributed by atoms with Crippen molar-refractivity contribution in [2.75, 3.05) is 12.0 Å². The summed E-state index contributed by atoms with van der Waals surface area (Å²) in [6, 6.07) is 5.00. The molecule has 7 rings (SSSR count). The zero-order chi connectivity index (χ0) is 25.4. The predicted molar refractivity (Wildman–Crippen MR) is 134 cm³/mol. The van der Waals surface area contributed by atoms with Crippen molar-refractivity contribution in [3.8, 4) is 5.88 Å². The molecule has 3 aromatic heterocycles. The first-order chi connectivity index (χ1) is 17.9. The van der Waals surface area contributed by atoms with Gasteiger partial charge in [-0.3, -0.25) is 4.99 Å². The highest BCUT2D eigenvalue weighted by Gasteiger charge is 2.75. The van der Waals surface area contributed by atoms with E-state index in [9.17, 15) is 4.39 Å². The number of ether oxygens (including phenoxy) is 1. The molecule has 4 heterocycles. The summed E-state index contributed by atoms with van der Waals surface area (Å²) in [5, 5.41) is 3.54. The molecule has 0 amide bonds. The van der Waals surface area contributed by atoms with Gasteiger partial charge in [-0.1, -0.05) is 18.7 Å². The van der Waals surface area contributed by atoms with E-state index in [0.717, 1.165) is 5.56 Å². The first kappa shape index (κ1) is 22.4. The van der Waals surface area contributed by atoms with Crippen LogP contribution in [0.25, 0.3) is 11.0 Å². The number of fused-ring (bicyclic) bond motifs is 5. The molecule has 1 aromatic carbocycles. The lowest BCUT2D eigenvalue weighted by Crippen LogP contribution is -2.46. The molecule has 4 aromatic rings. The van der Waals surface area contributed by atoms with Crippen LogP contribution in [0.2, 0.25) is 0 Å². The fourth-order valence-electron chi connectivity index (χ4n) is 5.89. The van der Waals surface area contributed by atoms with E-state index < -0.39 is 17.0 Å². The number of thioether (sulfide) groups is 1. The van der Waals surface area contributed by atoms with E-state index in [1.807, 2.05) is 13.0 Å². The zero-order valence-electron chi connectivity index (χ0n) is 19.6. The van der Waals surface area contributed by atoms with Gasteiger partial charge in [0, 0.05) is 24.2 Å². The summed E-state index contributed by atoms with van der Waals surface area (Å²) in [6.45, 7) is 1.65. The van der Waals surface area contributed by atoms with E-state index in [0.29, 0.717) is 51.5 Å². The number of aromatic nitrogens is 4. The molecule has 0 saturated heterocycles. The van der Waals surface area contributed by atoms with Gasteiger partial charge in [-0.25, -0.2) is 28.7 Å². The second-order valence-electron chi connectivity index (χ2n) is 9.57. The third kappa shape index (κ3) is 3.24. The number of nitrogens with one attached hydrogen (secondary N) is 1. The van der Waals surface area contributed by atoms with Crippen molar-refractivity contribution in [3.05, 3.63) is 65.9 Å². The van der Waals surface area contributed by atoms with Gasteiger partial charge in [0.05, 0.1) is 28.2 Å². The Morgan fingerprint density at radius 2 is 2.16 bits per heavy atom. The highest BCUT2D eigenvalue weighted by atomic mass is 32.2. The summed E-state index contributed by atoms with van der Waals surface area (Å²) >= 11 is 1.31. The summed E-state index contributed by atoms with van der Waals surface area (Å²) < 4.78 is 39.4. The number of rotatable bonds is 6. The number of hydrogen-bond acceptors (Lipinski definition) is 10. The maximum absolute atomic E-state index is 15.1. The van der Waals surface area contributed by atoms with Gasteiger partial charge in [0.25, 0.3) is 0 Å². The third-order valence-corrected chi connectivity index (χ3v) is 9.07. The summed E-state index contributed by atoms with van der Waals surface area (Å²) in [5.74, 6) is 0.863. The Morgan fingerprint density at radius 3 is 2.97 bits per heavy atom. The minimum Gasteiger partial charge on any atom is -0.467 e. The monoisotopic (exact) mass is 521 g/mol. The van der Waals surface area contributed by atoms with Gasteiger partial charge in [-0.2, -0.15) is 0 Å². The minimum absolute atomic E-state index is 0.0270. The molecule has 2 unspecified atom stereocenters. The quantitative estimate of drug-likeness (QED) is 0.383. The SMILES string of the molecule is CC1C2[C@@]1(CF)SC(N)=N[C@@]21Cc2c(F)cc(Nc3nccc4nc(OCc5ncco5)cnc34)cc21. The standard InChI is InChI=1S/C25H21F2N7O2S/c1-12-21-24(34-23(28)37-25(12,21)11-26)8-14-15(24)6-13(7-16(14)27)32-22-20-17(2-3-30-22)33-18(9-31-20)36-10-19-29-4-5-35-19/h2-7,9,12,21H,8,10-11H2,1H3,(H2,28,34)(H,30,32)/t12?,21?,24-,25+/m1/s1. The van der Waals surface area contributed by atoms with Crippen LogP contribution in [0.5, 0.6) is 5.88 Å². The molecule has 2 aliphatic carbocycles. The van der Waals surface area contributed by atoms with Crippen molar-refractivity contribution in [1.29, 1.82) is 0 Å². The summed E-state index contributed by atoms with van der Waals surface area (Å²) in [5.41, 5.74) is 8.31. The molecule has 1 aliphatic heterocycles. The van der Waals surface area contributed by atoms with Crippen LogP contribution in [-0.4, -0.2) is 36.5 Å². The van der Waals surface area contributed by atoms with Crippen LogP contribution in [-0.2, 0) is 18.6 Å². The molecule has 37 heavy (non-hydrogen) atoms. The number of halogens is 2. The lowest BCUT2D eigenvalue weighted by Gasteiger charge is -2.45. The van der Waals surface area contributed by atoms with E-state index in [4.69, 9.17) is 19.9 Å². The Morgan fingerprint density at radius 1 is 1.27 bits per heavy atom. The Bertz CT molecular complexity index is 1580. The molecule has 3 aliphatic rings. The van der Waals surface area contributed by atoms with Crippen molar-refractivity contribution in [2.24, 2.45) is 22.6 Å². The van der Waals surface area contributed by atoms with Gasteiger partial charge in [0.2, 0.25) is 11.8 Å². The fourth-order valence-corrected chi connectivity index (χ4v) is 7.32. The number of aliphatic imine (C=N–C) groups is 1. The van der Waals surface area contributed by atoms with E-state index in [1.54, 1.807) is 12.3 Å². The summed E-state index contributed by atoms with van der Waals surface area (Å²) in [6.07, 6.45) is 6.48. The van der Waals surface area contributed by atoms with Crippen LogP contribution in [0.1, 0.15) is 23.9 Å². The molecule has 0 bridgehead atoms. The van der Waals surface area contributed by atoms with Crippen LogP contribution < -0.4 is 15.8 Å². The smallest absolute Gasteiger partial charge is 0.233 e. The highest BCUT2D eigenvalue weighted by molar-refractivity contribution is 8.15. The lowest BCUT2D eigenvalue weighted by molar-refractivity contribution is 0.253. The van der Waals surface area contributed by atoms with Crippen LogP contribution in [0, 0.1) is 17.7 Å². The van der Waals surface area contributed by atoms with E-state index in [-0.39, 0.29) is 24.3 Å². The van der Waals surface area contributed by atoms with E-state index in [1.165, 1.54) is 36.5 Å². The number of hydrogen-bond donors (Lipinski definition) is 2. The zero-order valence-corrected chi connectivity index (χ0v) is 20.4. The van der Waals surface area contributed by atoms with Gasteiger partial charge in [-0.15, -0.1) is 0 Å². The number of amidine groups is 1. The molecule has 1 fully saturated rings. The molecule has 1 saturated carbocycles. The van der Waals surface area contributed by atoms with Crippen LogP contribution >= 0.6 is 11.8 Å². The fraction of sp³-hybridized carbons (Fsp3) is 0.320. The first-order valence-corrected chi connectivity index (χ1v) is 12.6. The Labute approximate surface area is 214 Å². The molecule has 12 heteroatoms. The van der Waals surface area contributed by atoms with Gasteiger partial charge in [-0.05, 0) is 35.2 Å². The summed E-state index contributed by atoms with van der Waals surface area (Å²) in [4.78, 5) is 22.1. The average molecular weight is 522 g/mol.